The molecule has 9 heavy (non-hydrogen) atoms. The van der Waals surface area contributed by atoms with Crippen LogP contribution in [0.2, 0.25) is 0 Å². The van der Waals surface area contributed by atoms with Crippen LogP contribution in [0.5, 0.6) is 0 Å². The van der Waals surface area contributed by atoms with E-state index >= 15 is 0 Å². The Hall–Kier alpha value is -1.02. The Balaban J connectivity index is 2.79. The van der Waals surface area contributed by atoms with Crippen molar-refractivity contribution < 1.29 is 0 Å². The van der Waals surface area contributed by atoms with Crippen LogP contribution in [0.1, 0.15) is 25.7 Å². The molecule has 0 aromatic rings. The summed E-state index contributed by atoms with van der Waals surface area (Å²) in [7, 11) is 0. The highest BCUT2D eigenvalue weighted by Crippen LogP contribution is 1.99. The van der Waals surface area contributed by atoms with Gasteiger partial charge in [-0.15, -0.1) is 0 Å². The molecule has 47 valence electrons. The van der Waals surface area contributed by atoms with E-state index in [1.165, 1.54) is 0 Å². The fourth-order valence-electron chi connectivity index (χ4n) is 0.492. The number of unbranched alkanes of at least 4 members (excludes halogenated alkanes) is 4. The summed E-state index contributed by atoms with van der Waals surface area (Å²) < 4.78 is 0. The van der Waals surface area contributed by atoms with Crippen LogP contribution in [0.25, 0.3) is 0 Å². The monoisotopic (exact) mass is 121 g/mol. The van der Waals surface area contributed by atoms with E-state index in [2.05, 4.69) is 0 Å². The van der Waals surface area contributed by atoms with Gasteiger partial charge in [0.2, 0.25) is 0 Å². The van der Waals surface area contributed by atoms with Crippen LogP contribution in [0.4, 0.5) is 0 Å². The molecule has 0 aromatic heterocycles. The van der Waals surface area contributed by atoms with E-state index < -0.39 is 0 Å². The van der Waals surface area contributed by atoms with Crippen molar-refractivity contribution >= 4 is 0 Å². The third kappa shape index (κ3) is 6.98. The third-order valence-electron chi connectivity index (χ3n) is 0.932. The second kappa shape index (κ2) is 6.98. The molecule has 0 fully saturated rings. The van der Waals surface area contributed by atoms with Gasteiger partial charge in [0.25, 0.3) is 0 Å². The summed E-state index contributed by atoms with van der Waals surface area (Å²) in [5.41, 5.74) is 0. The van der Waals surface area contributed by atoms with Gasteiger partial charge < -0.3 is 0 Å². The van der Waals surface area contributed by atoms with Gasteiger partial charge in [-0.1, -0.05) is 0 Å². The molecule has 2 heteroatoms. The molecule has 0 aromatic carbocycles. The maximum atomic E-state index is 8.09. The first-order valence-electron chi connectivity index (χ1n) is 2.97. The molecule has 0 N–H and O–H groups in total. The Bertz CT molecular complexity index is 111. The van der Waals surface area contributed by atoms with Crippen molar-refractivity contribution in [3.8, 4) is 12.1 Å². The molecule has 0 aliphatic rings. The maximum Gasteiger partial charge on any atom is 0.0624 e. The zero-order valence-electron chi connectivity index (χ0n) is 5.30. The van der Waals surface area contributed by atoms with Crippen molar-refractivity contribution in [1.82, 2.24) is 0 Å². The van der Waals surface area contributed by atoms with Crippen molar-refractivity contribution in [3.05, 3.63) is 6.42 Å². The minimum absolute atomic E-state index is 0.505. The fourth-order valence-corrected chi connectivity index (χ4v) is 0.492. The topological polar surface area (TPSA) is 47.6 Å². The van der Waals surface area contributed by atoms with E-state index in [0.717, 1.165) is 12.8 Å². The van der Waals surface area contributed by atoms with Crippen molar-refractivity contribution in [3.63, 3.8) is 0 Å². The SMILES string of the molecule is N#CC[CH]CCCC#N. The summed E-state index contributed by atoms with van der Waals surface area (Å²) >= 11 is 0. The molecule has 0 saturated heterocycles. The van der Waals surface area contributed by atoms with Crippen LogP contribution in [-0.2, 0) is 0 Å². The number of nitrogens with zero attached hydrogens (tertiary/aromatic N) is 2. The molecule has 0 atom stereocenters. The van der Waals surface area contributed by atoms with Crippen molar-refractivity contribution in [2.24, 2.45) is 0 Å². The highest BCUT2D eigenvalue weighted by Gasteiger charge is 1.86. The molecular weight excluding hydrogens is 112 g/mol. The first-order chi connectivity index (χ1) is 4.41. The fraction of sp³-hybridized carbons (Fsp3) is 0.571. The Morgan fingerprint density at radius 3 is 2.56 bits per heavy atom. The minimum atomic E-state index is 0.505. The number of hydrogen-bond donors (Lipinski definition) is 0. The number of nitriles is 2. The van der Waals surface area contributed by atoms with Gasteiger partial charge in [0.05, 0.1) is 12.1 Å². The highest BCUT2D eigenvalue weighted by molar-refractivity contribution is 4.81. The third-order valence-corrected chi connectivity index (χ3v) is 0.932. The molecule has 1 radical (unpaired) electrons. The van der Waals surface area contributed by atoms with Crippen LogP contribution < -0.4 is 0 Å². The van der Waals surface area contributed by atoms with Gasteiger partial charge >= 0.3 is 0 Å². The predicted molar refractivity (Wildman–Crippen MR) is 34.0 cm³/mol. The second-order valence-electron chi connectivity index (χ2n) is 1.70. The van der Waals surface area contributed by atoms with Crippen LogP contribution in [0, 0.1) is 29.1 Å². The average molecular weight is 121 g/mol. The second-order valence-corrected chi connectivity index (χ2v) is 1.70. The standard InChI is InChI=1S/C7H9N2/c8-6-4-2-1-3-5-7-9/h2H,1,3-5H2. The largest absolute Gasteiger partial charge is 0.198 e. The molecule has 0 unspecified atom stereocenters. The van der Waals surface area contributed by atoms with Gasteiger partial charge in [-0.25, -0.2) is 0 Å². The Labute approximate surface area is 55.7 Å². The first-order valence-corrected chi connectivity index (χ1v) is 2.97. The zero-order chi connectivity index (χ0) is 6.95. The molecule has 0 bridgehead atoms. The molecule has 2 nitrogen and oxygen atoms in total. The first kappa shape index (κ1) is 7.98. The summed E-state index contributed by atoms with van der Waals surface area (Å²) in [4.78, 5) is 0. The van der Waals surface area contributed by atoms with Crippen LogP contribution >= 0.6 is 0 Å². The smallest absolute Gasteiger partial charge is 0.0624 e. The summed E-state index contributed by atoms with van der Waals surface area (Å²) in [6, 6.07) is 4.05. The lowest BCUT2D eigenvalue weighted by Crippen LogP contribution is -1.75. The molecule has 0 heterocycles. The van der Waals surface area contributed by atoms with Gasteiger partial charge in [-0.2, -0.15) is 10.5 Å². The maximum absolute atomic E-state index is 8.09. The summed E-state index contributed by atoms with van der Waals surface area (Å²) in [6.45, 7) is 0. The van der Waals surface area contributed by atoms with Crippen molar-refractivity contribution in [2.45, 2.75) is 25.7 Å². The van der Waals surface area contributed by atoms with E-state index in [1.807, 2.05) is 18.6 Å². The van der Waals surface area contributed by atoms with E-state index in [9.17, 15) is 0 Å². The normalized spacial score (nSPS) is 7.78. The van der Waals surface area contributed by atoms with E-state index in [-0.39, 0.29) is 0 Å². The van der Waals surface area contributed by atoms with Crippen LogP contribution in [0.3, 0.4) is 0 Å². The lowest BCUT2D eigenvalue weighted by molar-refractivity contribution is 0.820. The van der Waals surface area contributed by atoms with Gasteiger partial charge in [0.15, 0.2) is 0 Å². The minimum Gasteiger partial charge on any atom is -0.198 e. The van der Waals surface area contributed by atoms with E-state index in [4.69, 9.17) is 10.5 Å². The molecule has 0 saturated carbocycles. The lowest BCUT2D eigenvalue weighted by Gasteiger charge is -1.87. The molecule has 0 aliphatic heterocycles. The number of hydrogen-bond acceptors (Lipinski definition) is 2. The molecule has 0 rings (SSSR count). The van der Waals surface area contributed by atoms with E-state index in [1.54, 1.807) is 0 Å². The summed E-state index contributed by atoms with van der Waals surface area (Å²) in [6.07, 6.45) is 4.78. The highest BCUT2D eigenvalue weighted by atomic mass is 14.2. The predicted octanol–water partition coefficient (Wildman–Crippen LogP) is 1.80. The van der Waals surface area contributed by atoms with Crippen molar-refractivity contribution in [2.75, 3.05) is 0 Å². The molecular formula is C7H9N2. The van der Waals surface area contributed by atoms with Gasteiger partial charge in [-0.3, -0.25) is 0 Å². The summed E-state index contributed by atoms with van der Waals surface area (Å²) in [5.74, 6) is 0. The lowest BCUT2D eigenvalue weighted by atomic mass is 10.2. The van der Waals surface area contributed by atoms with Crippen LogP contribution in [-0.4, -0.2) is 0 Å². The van der Waals surface area contributed by atoms with Crippen LogP contribution in [0.15, 0.2) is 0 Å². The van der Waals surface area contributed by atoms with E-state index in [0.29, 0.717) is 12.8 Å². The van der Waals surface area contributed by atoms with Gasteiger partial charge in [0, 0.05) is 12.8 Å². The summed E-state index contributed by atoms with van der Waals surface area (Å²) in [5, 5.41) is 16.2. The molecule has 0 amide bonds. The number of rotatable bonds is 4. The Morgan fingerprint density at radius 2 is 2.00 bits per heavy atom. The average Bonchev–Trinajstić information content (AvgIpc) is 1.89. The van der Waals surface area contributed by atoms with Gasteiger partial charge in [-0.05, 0) is 19.3 Å². The van der Waals surface area contributed by atoms with Crippen molar-refractivity contribution in [1.29, 1.82) is 10.5 Å². The Morgan fingerprint density at radius 1 is 1.22 bits per heavy atom. The zero-order valence-corrected chi connectivity index (χ0v) is 5.30. The van der Waals surface area contributed by atoms with Gasteiger partial charge in [0.1, 0.15) is 0 Å². The quantitative estimate of drug-likeness (QED) is 0.532. The molecule has 0 aliphatic carbocycles. The molecule has 0 spiro atoms. The Kier molecular flexibility index (Phi) is 6.19.